The smallest absolute Gasteiger partial charge is 0.152 e. The highest BCUT2D eigenvalue weighted by Crippen LogP contribution is 2.46. The van der Waals surface area contributed by atoms with Gasteiger partial charge in [-0.2, -0.15) is 0 Å². The number of hydrogen-bond acceptors (Lipinski definition) is 2. The molecule has 0 fully saturated rings. The normalized spacial score (nSPS) is 12.2. The van der Waals surface area contributed by atoms with Crippen molar-refractivity contribution < 1.29 is 0 Å². The van der Waals surface area contributed by atoms with E-state index in [-0.39, 0.29) is 5.84 Å². The number of allylic oxidation sites excluding steroid dienone is 1. The van der Waals surface area contributed by atoms with Gasteiger partial charge in [0.15, 0.2) is 5.84 Å². The highest BCUT2D eigenvalue weighted by molar-refractivity contribution is 7.22. The molecule has 0 saturated heterocycles. The van der Waals surface area contributed by atoms with Crippen molar-refractivity contribution in [1.82, 2.24) is 0 Å². The van der Waals surface area contributed by atoms with E-state index >= 15 is 0 Å². The second-order valence-corrected chi connectivity index (χ2v) is 16.1. The van der Waals surface area contributed by atoms with Crippen molar-refractivity contribution in [3.8, 4) is 21.6 Å². The summed E-state index contributed by atoms with van der Waals surface area (Å²) in [7, 11) is 0. The van der Waals surface area contributed by atoms with Crippen LogP contribution in [0.4, 0.5) is 0 Å². The van der Waals surface area contributed by atoms with Gasteiger partial charge in [-0.3, -0.25) is 5.41 Å². The fourth-order valence-electron chi connectivity index (χ4n) is 8.80. The summed E-state index contributed by atoms with van der Waals surface area (Å²) in [5.41, 5.74) is 7.20. The Morgan fingerprint density at radius 1 is 0.424 bits per heavy atom. The zero-order valence-electron chi connectivity index (χ0n) is 32.1. The molecule has 11 aromatic rings. The highest BCUT2D eigenvalue weighted by Gasteiger charge is 2.19. The third kappa shape index (κ3) is 6.12. The van der Waals surface area contributed by atoms with Crippen molar-refractivity contribution in [1.29, 1.82) is 5.41 Å². The number of fused-ring (bicyclic) bond motifs is 7. The minimum absolute atomic E-state index is 0.220. The Morgan fingerprint density at radius 3 is 1.75 bits per heavy atom. The van der Waals surface area contributed by atoms with Gasteiger partial charge in [-0.15, -0.1) is 11.3 Å². The zero-order valence-corrected chi connectivity index (χ0v) is 32.9. The summed E-state index contributed by atoms with van der Waals surface area (Å²) in [6.07, 6.45) is 4.32. The predicted octanol–water partition coefficient (Wildman–Crippen LogP) is 15.5. The summed E-state index contributed by atoms with van der Waals surface area (Å²) in [6, 6.07) is 71.2. The van der Waals surface area contributed by atoms with Crippen molar-refractivity contribution in [3.05, 3.63) is 223 Å². The summed E-state index contributed by atoms with van der Waals surface area (Å²) in [5, 5.41) is 22.5. The first-order valence-corrected chi connectivity index (χ1v) is 20.8. The van der Waals surface area contributed by atoms with E-state index in [0.29, 0.717) is 0 Å². The van der Waals surface area contributed by atoms with Crippen LogP contribution in [0.15, 0.2) is 211 Å². The van der Waals surface area contributed by atoms with Crippen LogP contribution in [0.3, 0.4) is 0 Å². The average Bonchev–Trinajstić information content (AvgIpc) is 3.74. The van der Waals surface area contributed by atoms with E-state index < -0.39 is 0 Å². The van der Waals surface area contributed by atoms with E-state index in [1.165, 1.54) is 69.2 Å². The summed E-state index contributed by atoms with van der Waals surface area (Å²) in [6.45, 7) is 0. The largest absolute Gasteiger partial charge is 0.282 e. The quantitative estimate of drug-likeness (QED) is 0.0757. The van der Waals surface area contributed by atoms with Crippen LogP contribution in [0, 0.1) is 5.41 Å². The number of aliphatic imine (C=N–C) groups is 1. The fourth-order valence-corrected chi connectivity index (χ4v) is 9.86. The van der Waals surface area contributed by atoms with Crippen molar-refractivity contribution >= 4 is 92.9 Å². The molecule has 1 N–H and O–H groups in total. The van der Waals surface area contributed by atoms with Gasteiger partial charge < -0.3 is 0 Å². The van der Waals surface area contributed by atoms with Gasteiger partial charge in [0.25, 0.3) is 0 Å². The maximum Gasteiger partial charge on any atom is 0.152 e. The second kappa shape index (κ2) is 14.5. The number of hydrogen-bond donors (Lipinski definition) is 1. The SMILES string of the molecule is N=C(N=C(/C=C/c1c2ccccc2c(-c2c3ccccc3cc3c2ccc2ccccc23)c2ccccc12)c1cccc(-c2cc3ccccc3s2)c1)c1ccccc1. The molecule has 0 spiro atoms. The molecule has 0 aliphatic rings. The molecular formula is C56H36N2S. The molecule has 0 unspecified atom stereocenters. The molecule has 0 bridgehead atoms. The summed E-state index contributed by atoms with van der Waals surface area (Å²) in [5.74, 6) is 0.220. The minimum atomic E-state index is 0.220. The third-order valence-electron chi connectivity index (χ3n) is 11.5. The lowest BCUT2D eigenvalue weighted by molar-refractivity contribution is 1.41. The van der Waals surface area contributed by atoms with Gasteiger partial charge in [0.1, 0.15) is 0 Å². The molecule has 3 heteroatoms. The predicted molar refractivity (Wildman–Crippen MR) is 256 cm³/mol. The van der Waals surface area contributed by atoms with Crippen molar-refractivity contribution in [2.45, 2.75) is 0 Å². The number of nitrogens with zero attached hydrogens (tertiary/aromatic N) is 1. The molecule has 59 heavy (non-hydrogen) atoms. The molecule has 1 aromatic heterocycles. The molecule has 0 aliphatic heterocycles. The molecule has 0 aliphatic carbocycles. The molecule has 1 heterocycles. The lowest BCUT2D eigenvalue weighted by atomic mass is 9.83. The van der Waals surface area contributed by atoms with Crippen molar-refractivity contribution in [2.24, 2.45) is 4.99 Å². The Kier molecular flexibility index (Phi) is 8.53. The number of benzene rings is 10. The number of thiophene rings is 1. The minimum Gasteiger partial charge on any atom is -0.282 e. The molecule has 10 aromatic carbocycles. The zero-order chi connectivity index (χ0) is 39.3. The van der Waals surface area contributed by atoms with E-state index in [1.54, 1.807) is 11.3 Å². The van der Waals surface area contributed by atoms with Gasteiger partial charge in [-0.25, -0.2) is 4.99 Å². The van der Waals surface area contributed by atoms with Gasteiger partial charge in [-0.05, 0) is 112 Å². The van der Waals surface area contributed by atoms with E-state index in [0.717, 1.165) is 38.7 Å². The third-order valence-corrected chi connectivity index (χ3v) is 12.7. The molecular weight excluding hydrogens is 733 g/mol. The van der Waals surface area contributed by atoms with Crippen LogP contribution in [-0.2, 0) is 0 Å². The highest BCUT2D eigenvalue weighted by atomic mass is 32.1. The number of amidine groups is 1. The maximum absolute atomic E-state index is 9.13. The summed E-state index contributed by atoms with van der Waals surface area (Å²) >= 11 is 1.80. The topological polar surface area (TPSA) is 36.2 Å². The molecule has 11 rings (SSSR count). The van der Waals surface area contributed by atoms with Gasteiger partial charge in [0, 0.05) is 20.7 Å². The van der Waals surface area contributed by atoms with E-state index in [2.05, 4.69) is 182 Å². The monoisotopic (exact) mass is 768 g/mol. The van der Waals surface area contributed by atoms with E-state index in [4.69, 9.17) is 10.4 Å². The van der Waals surface area contributed by atoms with Crippen LogP contribution in [0.1, 0.15) is 16.7 Å². The Hall–Kier alpha value is -7.46. The van der Waals surface area contributed by atoms with Crippen LogP contribution in [-0.4, -0.2) is 11.5 Å². The first kappa shape index (κ1) is 34.8. The summed E-state index contributed by atoms with van der Waals surface area (Å²) < 4.78 is 1.26. The Labute approximate surface area is 346 Å². The maximum atomic E-state index is 9.13. The van der Waals surface area contributed by atoms with Gasteiger partial charge in [0.05, 0.1) is 5.71 Å². The van der Waals surface area contributed by atoms with Crippen LogP contribution in [0.25, 0.3) is 91.6 Å². The first-order chi connectivity index (χ1) is 29.2. The second-order valence-electron chi connectivity index (χ2n) is 15.0. The molecule has 0 atom stereocenters. The lowest BCUT2D eigenvalue weighted by Crippen LogP contribution is -2.04. The van der Waals surface area contributed by atoms with Gasteiger partial charge in [0.2, 0.25) is 0 Å². The molecule has 0 amide bonds. The summed E-state index contributed by atoms with van der Waals surface area (Å²) in [4.78, 5) is 6.25. The van der Waals surface area contributed by atoms with E-state index in [9.17, 15) is 0 Å². The van der Waals surface area contributed by atoms with Crippen LogP contribution < -0.4 is 0 Å². The molecule has 0 radical (unpaired) electrons. The standard InChI is InChI=1S/C56H36N2S/c57-56(37-16-2-1-3-17-37)58-51(39-20-14-21-40(33-39)53-35-41-19-6-13-28-52(41)59-53)32-31-46-44-24-9-11-26-47(44)55(48-27-12-10-25-45(46)48)54-43-23-8-5-18-38(43)34-50-42-22-7-4-15-36(42)29-30-49(50)54/h1-35,57H/b32-31+,57-56?,58-51?. The number of nitrogens with one attached hydrogen (secondary N) is 1. The Morgan fingerprint density at radius 2 is 1.00 bits per heavy atom. The fraction of sp³-hybridized carbons (Fsp3) is 0. The van der Waals surface area contributed by atoms with Crippen LogP contribution in [0.2, 0.25) is 0 Å². The van der Waals surface area contributed by atoms with E-state index in [1.807, 2.05) is 30.3 Å². The van der Waals surface area contributed by atoms with Crippen molar-refractivity contribution in [2.75, 3.05) is 0 Å². The molecule has 276 valence electrons. The van der Waals surface area contributed by atoms with Gasteiger partial charge in [-0.1, -0.05) is 182 Å². The Balaban J connectivity index is 1.14. The van der Waals surface area contributed by atoms with Crippen LogP contribution in [0.5, 0.6) is 0 Å². The average molecular weight is 769 g/mol. The van der Waals surface area contributed by atoms with Crippen LogP contribution >= 0.6 is 11.3 Å². The lowest BCUT2D eigenvalue weighted by Gasteiger charge is -2.20. The van der Waals surface area contributed by atoms with Gasteiger partial charge >= 0.3 is 0 Å². The number of rotatable bonds is 6. The Bertz CT molecular complexity index is 3430. The molecule has 0 saturated carbocycles. The first-order valence-electron chi connectivity index (χ1n) is 20.0. The molecule has 2 nitrogen and oxygen atoms in total. The van der Waals surface area contributed by atoms with Crippen molar-refractivity contribution in [3.63, 3.8) is 0 Å².